The highest BCUT2D eigenvalue weighted by Crippen LogP contribution is 2.23. The van der Waals surface area contributed by atoms with Crippen LogP contribution in [-0.2, 0) is 0 Å². The molecule has 1 heterocycles. The van der Waals surface area contributed by atoms with Crippen LogP contribution in [-0.4, -0.2) is 10.9 Å². The summed E-state index contributed by atoms with van der Waals surface area (Å²) in [6.07, 6.45) is 0. The number of hydrogen-bond donors (Lipinski definition) is 2. The average molecular weight is 334 g/mol. The van der Waals surface area contributed by atoms with Gasteiger partial charge in [0.05, 0.1) is 6.04 Å². The topological polar surface area (TPSA) is 44.9 Å². The van der Waals surface area contributed by atoms with E-state index in [0.29, 0.717) is 11.5 Å². The summed E-state index contributed by atoms with van der Waals surface area (Å²) in [7, 11) is 0. The van der Waals surface area contributed by atoms with Crippen LogP contribution in [0.5, 0.6) is 0 Å². The first kappa shape index (κ1) is 17.3. The van der Waals surface area contributed by atoms with Crippen molar-refractivity contribution in [1.82, 2.24) is 10.3 Å². The van der Waals surface area contributed by atoms with Gasteiger partial charge in [0.25, 0.3) is 5.91 Å². The molecule has 0 aliphatic carbocycles. The van der Waals surface area contributed by atoms with Crippen LogP contribution < -0.4 is 5.32 Å². The smallest absolute Gasteiger partial charge is 0.251 e. The van der Waals surface area contributed by atoms with Gasteiger partial charge in [0, 0.05) is 22.2 Å². The normalized spacial score (nSPS) is 12.6. The summed E-state index contributed by atoms with van der Waals surface area (Å²) in [6, 6.07) is 14.2. The van der Waals surface area contributed by atoms with Gasteiger partial charge in [-0.2, -0.15) is 0 Å². The number of carbonyl (C=O) groups excluding carboxylic acids is 1. The largest absolute Gasteiger partial charge is 0.358 e. The highest BCUT2D eigenvalue weighted by molar-refractivity contribution is 5.99. The van der Waals surface area contributed by atoms with Gasteiger partial charge in [-0.3, -0.25) is 4.79 Å². The summed E-state index contributed by atoms with van der Waals surface area (Å²) in [5.74, 6) is 0.438. The quantitative estimate of drug-likeness (QED) is 0.659. The maximum Gasteiger partial charge on any atom is 0.251 e. The highest BCUT2D eigenvalue weighted by Gasteiger charge is 2.14. The molecule has 25 heavy (non-hydrogen) atoms. The molecule has 0 radical (unpaired) electrons. The van der Waals surface area contributed by atoms with Gasteiger partial charge in [0.2, 0.25) is 0 Å². The van der Waals surface area contributed by atoms with E-state index in [9.17, 15) is 4.79 Å². The summed E-state index contributed by atoms with van der Waals surface area (Å²) in [4.78, 5) is 16.0. The molecule has 1 atom stereocenters. The Kier molecular flexibility index (Phi) is 4.67. The van der Waals surface area contributed by atoms with Gasteiger partial charge < -0.3 is 10.3 Å². The zero-order chi connectivity index (χ0) is 18.1. The number of hydrogen-bond acceptors (Lipinski definition) is 1. The fraction of sp³-hybridized carbons (Fsp3) is 0.318. The summed E-state index contributed by atoms with van der Waals surface area (Å²) in [5.41, 5.74) is 6.53. The van der Waals surface area contributed by atoms with Crippen molar-refractivity contribution in [2.75, 3.05) is 0 Å². The average Bonchev–Trinajstić information content (AvgIpc) is 2.88. The van der Waals surface area contributed by atoms with Crippen molar-refractivity contribution in [3.05, 3.63) is 70.4 Å². The number of carbonyl (C=O) groups is 1. The van der Waals surface area contributed by atoms with Crippen molar-refractivity contribution in [1.29, 1.82) is 0 Å². The Hall–Kier alpha value is -2.55. The fourth-order valence-electron chi connectivity index (χ4n) is 3.15. The van der Waals surface area contributed by atoms with E-state index in [2.05, 4.69) is 62.3 Å². The highest BCUT2D eigenvalue weighted by atomic mass is 16.1. The Bertz CT molecular complexity index is 921. The van der Waals surface area contributed by atoms with Crippen LogP contribution in [0.2, 0.25) is 0 Å². The van der Waals surface area contributed by atoms with Gasteiger partial charge in [-0.05, 0) is 61.6 Å². The summed E-state index contributed by atoms with van der Waals surface area (Å²) >= 11 is 0. The lowest BCUT2D eigenvalue weighted by Gasteiger charge is -2.16. The van der Waals surface area contributed by atoms with E-state index < -0.39 is 0 Å². The van der Waals surface area contributed by atoms with E-state index in [1.54, 1.807) is 0 Å². The molecule has 0 fully saturated rings. The predicted octanol–water partition coefficient (Wildman–Crippen LogP) is 5.40. The number of fused-ring (bicyclic) bond motifs is 1. The maximum atomic E-state index is 12.7. The van der Waals surface area contributed by atoms with Crippen LogP contribution in [0.15, 0.2) is 42.5 Å². The molecule has 1 amide bonds. The number of rotatable bonds is 4. The molecule has 2 aromatic carbocycles. The molecule has 3 aromatic rings. The predicted molar refractivity (Wildman–Crippen MR) is 104 cm³/mol. The van der Waals surface area contributed by atoms with Crippen molar-refractivity contribution in [2.45, 2.75) is 46.6 Å². The van der Waals surface area contributed by atoms with Gasteiger partial charge in [-0.1, -0.05) is 38.1 Å². The van der Waals surface area contributed by atoms with Gasteiger partial charge >= 0.3 is 0 Å². The first-order valence-electron chi connectivity index (χ1n) is 8.86. The minimum absolute atomic E-state index is 0.0315. The number of aromatic nitrogens is 1. The van der Waals surface area contributed by atoms with Crippen LogP contribution in [0.4, 0.5) is 0 Å². The zero-order valence-corrected chi connectivity index (χ0v) is 15.6. The van der Waals surface area contributed by atoms with Crippen molar-refractivity contribution in [3.63, 3.8) is 0 Å². The van der Waals surface area contributed by atoms with Crippen molar-refractivity contribution >= 4 is 16.8 Å². The van der Waals surface area contributed by atoms with Crippen LogP contribution in [0, 0.1) is 13.8 Å². The van der Waals surface area contributed by atoms with Gasteiger partial charge in [-0.25, -0.2) is 0 Å². The lowest BCUT2D eigenvalue weighted by Crippen LogP contribution is -2.26. The third-order valence-electron chi connectivity index (χ3n) is 5.00. The summed E-state index contributed by atoms with van der Waals surface area (Å²) < 4.78 is 0. The molecule has 0 unspecified atom stereocenters. The van der Waals surface area contributed by atoms with Crippen molar-refractivity contribution < 1.29 is 4.79 Å². The Morgan fingerprint density at radius 3 is 2.44 bits per heavy atom. The number of aromatic amines is 1. The Morgan fingerprint density at radius 2 is 1.72 bits per heavy atom. The molecular formula is C22H26N2O. The first-order valence-corrected chi connectivity index (χ1v) is 8.86. The first-order chi connectivity index (χ1) is 11.9. The lowest BCUT2D eigenvalue weighted by atomic mass is 9.98. The van der Waals surface area contributed by atoms with Crippen molar-refractivity contribution in [3.8, 4) is 0 Å². The van der Waals surface area contributed by atoms with E-state index in [0.717, 1.165) is 22.2 Å². The second kappa shape index (κ2) is 6.75. The SMILES string of the molecule is Cc1[nH]c2ccc(C(=O)N[C@@H](C)c3cccc(C(C)C)c3)cc2c1C. The zero-order valence-electron chi connectivity index (χ0n) is 15.6. The van der Waals surface area contributed by atoms with Gasteiger partial charge in [0.15, 0.2) is 0 Å². The summed E-state index contributed by atoms with van der Waals surface area (Å²) in [6.45, 7) is 10.5. The third-order valence-corrected chi connectivity index (χ3v) is 5.00. The van der Waals surface area contributed by atoms with Gasteiger partial charge in [-0.15, -0.1) is 0 Å². The monoisotopic (exact) mass is 334 g/mol. The number of aryl methyl sites for hydroxylation is 2. The molecule has 2 N–H and O–H groups in total. The summed E-state index contributed by atoms with van der Waals surface area (Å²) in [5, 5.41) is 4.23. The Balaban J connectivity index is 1.82. The molecule has 0 aliphatic rings. The van der Waals surface area contributed by atoms with Crippen LogP contribution >= 0.6 is 0 Å². The molecule has 0 saturated carbocycles. The molecule has 3 nitrogen and oxygen atoms in total. The van der Waals surface area contributed by atoms with Crippen LogP contribution in [0.25, 0.3) is 10.9 Å². The molecule has 130 valence electrons. The van der Waals surface area contributed by atoms with Crippen molar-refractivity contribution in [2.24, 2.45) is 0 Å². The molecule has 0 aliphatic heterocycles. The molecule has 0 saturated heterocycles. The number of benzene rings is 2. The van der Waals surface area contributed by atoms with Gasteiger partial charge in [0.1, 0.15) is 0 Å². The van der Waals surface area contributed by atoms with E-state index in [1.165, 1.54) is 11.1 Å². The second-order valence-corrected chi connectivity index (χ2v) is 7.16. The number of H-pyrrole nitrogens is 1. The van der Waals surface area contributed by atoms with E-state index in [4.69, 9.17) is 0 Å². The molecule has 0 spiro atoms. The minimum Gasteiger partial charge on any atom is -0.358 e. The van der Waals surface area contributed by atoms with E-state index >= 15 is 0 Å². The molecule has 3 rings (SSSR count). The third kappa shape index (κ3) is 3.46. The van der Waals surface area contributed by atoms with Crippen LogP contribution in [0.1, 0.15) is 65.5 Å². The Labute approximate surface area is 149 Å². The standard InChI is InChI=1S/C22H26N2O/c1-13(2)17-7-6-8-18(11-17)16(5)24-22(25)19-9-10-21-20(12-19)14(3)15(4)23-21/h6-13,16,23H,1-5H3,(H,24,25)/t16-/m0/s1. The molecule has 3 heteroatoms. The maximum absolute atomic E-state index is 12.7. The Morgan fingerprint density at radius 1 is 1.00 bits per heavy atom. The van der Waals surface area contributed by atoms with Crippen LogP contribution in [0.3, 0.4) is 0 Å². The van der Waals surface area contributed by atoms with E-state index in [1.807, 2.05) is 25.1 Å². The van der Waals surface area contributed by atoms with E-state index in [-0.39, 0.29) is 11.9 Å². The molecule has 1 aromatic heterocycles. The minimum atomic E-state index is -0.0393. The number of amides is 1. The lowest BCUT2D eigenvalue weighted by molar-refractivity contribution is 0.0940. The second-order valence-electron chi connectivity index (χ2n) is 7.16. The molecule has 0 bridgehead atoms. The number of nitrogens with one attached hydrogen (secondary N) is 2. The molecular weight excluding hydrogens is 308 g/mol. The fourth-order valence-corrected chi connectivity index (χ4v) is 3.15.